The minimum absolute atomic E-state index is 0.00425. The van der Waals surface area contributed by atoms with Crippen LogP contribution in [0.1, 0.15) is 24.4 Å². The van der Waals surface area contributed by atoms with Crippen molar-refractivity contribution >= 4 is 5.91 Å². The van der Waals surface area contributed by atoms with E-state index in [2.05, 4.69) is 20.5 Å². The third-order valence-corrected chi connectivity index (χ3v) is 3.99. The predicted molar refractivity (Wildman–Crippen MR) is 97.3 cm³/mol. The van der Waals surface area contributed by atoms with Gasteiger partial charge in [0.1, 0.15) is 6.42 Å². The second-order valence-electron chi connectivity index (χ2n) is 5.82. The molecule has 1 atom stereocenters. The first kappa shape index (κ1) is 18.4. The summed E-state index contributed by atoms with van der Waals surface area (Å²) in [4.78, 5) is 16.3. The van der Waals surface area contributed by atoms with E-state index in [1.807, 2.05) is 19.1 Å². The number of aromatic nitrogens is 3. The van der Waals surface area contributed by atoms with Gasteiger partial charge in [0.05, 0.1) is 20.3 Å². The van der Waals surface area contributed by atoms with E-state index in [0.717, 1.165) is 11.1 Å². The molecule has 3 rings (SSSR count). The zero-order valence-electron chi connectivity index (χ0n) is 15.3. The fraction of sp³-hybridized carbons (Fsp3) is 0.263. The Morgan fingerprint density at radius 1 is 1.11 bits per heavy atom. The first-order valence-corrected chi connectivity index (χ1v) is 8.34. The monoisotopic (exact) mass is 368 g/mol. The average molecular weight is 368 g/mol. The van der Waals surface area contributed by atoms with Crippen molar-refractivity contribution in [3.8, 4) is 23.0 Å². The summed E-state index contributed by atoms with van der Waals surface area (Å²) in [7, 11) is 3.15. The summed E-state index contributed by atoms with van der Waals surface area (Å²) in [6.07, 6.45) is 3.27. The number of ether oxygens (including phenoxy) is 2. The molecular weight excluding hydrogens is 348 g/mol. The second kappa shape index (κ2) is 8.31. The van der Waals surface area contributed by atoms with Crippen molar-refractivity contribution in [2.75, 3.05) is 14.2 Å². The highest BCUT2D eigenvalue weighted by Crippen LogP contribution is 2.29. The van der Waals surface area contributed by atoms with Gasteiger partial charge in [-0.1, -0.05) is 6.07 Å². The molecule has 0 saturated heterocycles. The second-order valence-corrected chi connectivity index (χ2v) is 5.82. The molecule has 0 spiro atoms. The molecule has 0 bridgehead atoms. The fourth-order valence-corrected chi connectivity index (χ4v) is 2.57. The van der Waals surface area contributed by atoms with Gasteiger partial charge in [0.2, 0.25) is 17.7 Å². The summed E-state index contributed by atoms with van der Waals surface area (Å²) in [6, 6.07) is 8.81. The number of carbonyl (C=O) groups is 1. The van der Waals surface area contributed by atoms with Gasteiger partial charge in [0.15, 0.2) is 11.5 Å². The molecule has 3 aromatic rings. The lowest BCUT2D eigenvalue weighted by Crippen LogP contribution is -2.28. The largest absolute Gasteiger partial charge is 0.493 e. The number of rotatable bonds is 7. The first-order valence-electron chi connectivity index (χ1n) is 8.34. The lowest BCUT2D eigenvalue weighted by molar-refractivity contribution is -0.121. The Kier molecular flexibility index (Phi) is 5.65. The van der Waals surface area contributed by atoms with Crippen molar-refractivity contribution in [2.24, 2.45) is 0 Å². The Bertz CT molecular complexity index is 911. The summed E-state index contributed by atoms with van der Waals surface area (Å²) in [5.41, 5.74) is 1.65. The van der Waals surface area contributed by atoms with Crippen LogP contribution < -0.4 is 14.8 Å². The SMILES string of the molecule is COc1ccc(C(C)NC(=O)Cc2nnc(-c3ccncc3)o2)cc1OC. The summed E-state index contributed by atoms with van der Waals surface area (Å²) >= 11 is 0. The first-order chi connectivity index (χ1) is 13.1. The van der Waals surface area contributed by atoms with Crippen molar-refractivity contribution < 1.29 is 18.7 Å². The van der Waals surface area contributed by atoms with Crippen molar-refractivity contribution in [3.05, 3.63) is 54.2 Å². The third kappa shape index (κ3) is 4.41. The van der Waals surface area contributed by atoms with Crippen molar-refractivity contribution in [1.82, 2.24) is 20.5 Å². The molecular formula is C19H20N4O4. The van der Waals surface area contributed by atoms with E-state index in [1.54, 1.807) is 44.8 Å². The standard InChI is InChI=1S/C19H20N4O4/c1-12(14-4-5-15(25-2)16(10-14)26-3)21-17(24)11-18-22-23-19(27-18)13-6-8-20-9-7-13/h4-10,12H,11H2,1-3H3,(H,21,24). The van der Waals surface area contributed by atoms with Crippen molar-refractivity contribution in [3.63, 3.8) is 0 Å². The van der Waals surface area contributed by atoms with Crippen LogP contribution in [0.3, 0.4) is 0 Å². The Morgan fingerprint density at radius 3 is 2.56 bits per heavy atom. The molecule has 1 unspecified atom stereocenters. The zero-order chi connectivity index (χ0) is 19.2. The molecule has 0 aliphatic carbocycles. The minimum Gasteiger partial charge on any atom is -0.493 e. The third-order valence-electron chi connectivity index (χ3n) is 3.99. The molecule has 140 valence electrons. The topological polar surface area (TPSA) is 99.4 Å². The van der Waals surface area contributed by atoms with E-state index in [4.69, 9.17) is 13.9 Å². The minimum atomic E-state index is -0.222. The summed E-state index contributed by atoms with van der Waals surface area (Å²) < 4.78 is 16.1. The molecule has 2 heterocycles. The molecule has 1 aromatic carbocycles. The molecule has 0 fully saturated rings. The molecule has 0 saturated carbocycles. The summed E-state index contributed by atoms with van der Waals surface area (Å²) in [6.45, 7) is 1.88. The Morgan fingerprint density at radius 2 is 1.85 bits per heavy atom. The molecule has 27 heavy (non-hydrogen) atoms. The number of nitrogens with zero attached hydrogens (tertiary/aromatic N) is 3. The van der Waals surface area contributed by atoms with Crippen molar-refractivity contribution in [2.45, 2.75) is 19.4 Å². The van der Waals surface area contributed by atoms with Gasteiger partial charge >= 0.3 is 0 Å². The van der Waals surface area contributed by atoms with Gasteiger partial charge in [-0.05, 0) is 36.8 Å². The normalized spacial score (nSPS) is 11.7. The Labute approximate surface area is 156 Å². The van der Waals surface area contributed by atoms with E-state index in [0.29, 0.717) is 17.4 Å². The number of hydrogen-bond donors (Lipinski definition) is 1. The van der Waals surface area contributed by atoms with Gasteiger partial charge in [-0.15, -0.1) is 10.2 Å². The Hall–Kier alpha value is -3.42. The number of amides is 1. The van der Waals surface area contributed by atoms with Crippen LogP contribution in [0.5, 0.6) is 11.5 Å². The molecule has 2 aromatic heterocycles. The fourth-order valence-electron chi connectivity index (χ4n) is 2.57. The van der Waals surface area contributed by atoms with Gasteiger partial charge in [0, 0.05) is 18.0 Å². The Balaban J connectivity index is 1.63. The van der Waals surface area contributed by atoms with E-state index < -0.39 is 0 Å². The highest BCUT2D eigenvalue weighted by molar-refractivity contribution is 5.78. The smallest absolute Gasteiger partial charge is 0.247 e. The van der Waals surface area contributed by atoms with E-state index >= 15 is 0 Å². The maximum Gasteiger partial charge on any atom is 0.247 e. The van der Waals surface area contributed by atoms with E-state index in [9.17, 15) is 4.79 Å². The lowest BCUT2D eigenvalue weighted by Gasteiger charge is -2.16. The molecule has 8 nitrogen and oxygen atoms in total. The molecule has 1 amide bonds. The van der Waals surface area contributed by atoms with Crippen LogP contribution in [0.25, 0.3) is 11.5 Å². The molecule has 8 heteroatoms. The maximum absolute atomic E-state index is 12.3. The van der Waals surface area contributed by atoms with Gasteiger partial charge in [0.25, 0.3) is 0 Å². The van der Waals surface area contributed by atoms with E-state index in [-0.39, 0.29) is 24.3 Å². The van der Waals surface area contributed by atoms with Crippen LogP contribution >= 0.6 is 0 Å². The van der Waals surface area contributed by atoms with Crippen LogP contribution in [-0.4, -0.2) is 35.3 Å². The van der Waals surface area contributed by atoms with E-state index in [1.165, 1.54) is 0 Å². The van der Waals surface area contributed by atoms with Gasteiger partial charge in [-0.3, -0.25) is 9.78 Å². The van der Waals surface area contributed by atoms with Crippen LogP contribution in [-0.2, 0) is 11.2 Å². The van der Waals surface area contributed by atoms with Crippen LogP contribution in [0.4, 0.5) is 0 Å². The van der Waals surface area contributed by atoms with Gasteiger partial charge in [-0.25, -0.2) is 0 Å². The number of benzene rings is 1. The number of pyridine rings is 1. The van der Waals surface area contributed by atoms with Crippen molar-refractivity contribution in [1.29, 1.82) is 0 Å². The molecule has 1 N–H and O–H groups in total. The van der Waals surface area contributed by atoms with Crippen LogP contribution in [0, 0.1) is 0 Å². The summed E-state index contributed by atoms with van der Waals surface area (Å²) in [5.74, 6) is 1.62. The maximum atomic E-state index is 12.3. The van der Waals surface area contributed by atoms with Gasteiger partial charge in [-0.2, -0.15) is 0 Å². The molecule has 0 radical (unpaired) electrons. The predicted octanol–water partition coefficient (Wildman–Crippen LogP) is 2.57. The number of carbonyl (C=O) groups excluding carboxylic acids is 1. The number of hydrogen-bond acceptors (Lipinski definition) is 7. The van der Waals surface area contributed by atoms with Gasteiger partial charge < -0.3 is 19.2 Å². The number of nitrogens with one attached hydrogen (secondary N) is 1. The molecule has 0 aliphatic rings. The summed E-state index contributed by atoms with van der Waals surface area (Å²) in [5, 5.41) is 10.8. The average Bonchev–Trinajstić information content (AvgIpc) is 3.16. The lowest BCUT2D eigenvalue weighted by atomic mass is 10.1. The molecule has 0 aliphatic heterocycles. The highest BCUT2D eigenvalue weighted by Gasteiger charge is 2.16. The van der Waals surface area contributed by atoms with Crippen LogP contribution in [0.2, 0.25) is 0 Å². The quantitative estimate of drug-likeness (QED) is 0.684. The zero-order valence-corrected chi connectivity index (χ0v) is 15.3. The van der Waals surface area contributed by atoms with Crippen LogP contribution in [0.15, 0.2) is 47.1 Å². The number of methoxy groups -OCH3 is 2. The highest BCUT2D eigenvalue weighted by atomic mass is 16.5.